The fourth-order valence-corrected chi connectivity index (χ4v) is 5.00. The Morgan fingerprint density at radius 1 is 1.14 bits per heavy atom. The van der Waals surface area contributed by atoms with Crippen LogP contribution in [0.4, 0.5) is 24.8 Å². The molecule has 0 radical (unpaired) electrons. The van der Waals surface area contributed by atoms with Crippen molar-refractivity contribution in [1.82, 2.24) is 25.2 Å². The van der Waals surface area contributed by atoms with E-state index in [1.54, 1.807) is 6.07 Å². The van der Waals surface area contributed by atoms with E-state index in [1.807, 2.05) is 0 Å². The summed E-state index contributed by atoms with van der Waals surface area (Å²) >= 11 is 6.55. The van der Waals surface area contributed by atoms with Gasteiger partial charge in [0.1, 0.15) is 18.2 Å². The number of pyridine rings is 1. The Balaban J connectivity index is 1.62. The van der Waals surface area contributed by atoms with Crippen LogP contribution in [0, 0.1) is 0 Å². The van der Waals surface area contributed by atoms with Gasteiger partial charge < -0.3 is 25.6 Å². The molecule has 3 N–H and O–H groups in total. The van der Waals surface area contributed by atoms with Gasteiger partial charge in [0.15, 0.2) is 0 Å². The van der Waals surface area contributed by atoms with Gasteiger partial charge in [-0.2, -0.15) is 23.1 Å². The molecule has 192 valence electrons. The van der Waals surface area contributed by atoms with Gasteiger partial charge in [0.25, 0.3) is 0 Å². The minimum absolute atomic E-state index is 0.0388. The molecule has 2 saturated heterocycles. The number of nitrogens with one attached hydrogen (secondary N) is 1. The highest BCUT2D eigenvalue weighted by Crippen LogP contribution is 2.41. The largest absolute Gasteiger partial charge is 0.462 e. The Morgan fingerprint density at radius 2 is 1.92 bits per heavy atom. The Bertz CT molecular complexity index is 1270. The van der Waals surface area contributed by atoms with Crippen molar-refractivity contribution in [3.8, 4) is 17.3 Å². The van der Waals surface area contributed by atoms with Gasteiger partial charge in [-0.15, -0.1) is 0 Å². The van der Waals surface area contributed by atoms with Crippen LogP contribution < -0.4 is 20.7 Å². The number of hydrogen-bond acceptors (Lipinski definition) is 8. The molecule has 1 unspecified atom stereocenters. The molecule has 12 heteroatoms. The molecule has 0 aliphatic carbocycles. The third-order valence-electron chi connectivity index (χ3n) is 6.71. The second-order valence-corrected chi connectivity index (χ2v) is 9.54. The van der Waals surface area contributed by atoms with Crippen LogP contribution in [0.1, 0.15) is 18.4 Å². The van der Waals surface area contributed by atoms with Gasteiger partial charge in [-0.05, 0) is 50.7 Å². The van der Waals surface area contributed by atoms with Crippen LogP contribution in [0.25, 0.3) is 22.2 Å². The van der Waals surface area contributed by atoms with Gasteiger partial charge in [0, 0.05) is 43.2 Å². The zero-order valence-corrected chi connectivity index (χ0v) is 20.5. The second-order valence-electron chi connectivity index (χ2n) is 9.13. The van der Waals surface area contributed by atoms with Crippen molar-refractivity contribution in [2.24, 2.45) is 0 Å². The zero-order valence-electron chi connectivity index (χ0n) is 19.8. The third kappa shape index (κ3) is 5.00. The van der Waals surface area contributed by atoms with Gasteiger partial charge in [-0.3, -0.25) is 0 Å². The smallest absolute Gasteiger partial charge is 0.418 e. The minimum atomic E-state index is -4.63. The number of likely N-dealkylation sites (tertiary alicyclic amines) is 1. The van der Waals surface area contributed by atoms with Gasteiger partial charge >= 0.3 is 12.2 Å². The summed E-state index contributed by atoms with van der Waals surface area (Å²) in [5.74, 6) is 0.601. The number of rotatable bonds is 5. The molecule has 36 heavy (non-hydrogen) atoms. The van der Waals surface area contributed by atoms with Crippen molar-refractivity contribution in [3.63, 3.8) is 0 Å². The normalized spacial score (nSPS) is 19.2. The van der Waals surface area contributed by atoms with Crippen molar-refractivity contribution < 1.29 is 17.9 Å². The first-order valence-electron chi connectivity index (χ1n) is 11.8. The number of aromatic nitrogens is 3. The van der Waals surface area contributed by atoms with Crippen molar-refractivity contribution in [2.45, 2.75) is 25.1 Å². The molecule has 3 aromatic rings. The number of alkyl halides is 3. The maximum absolute atomic E-state index is 13.8. The van der Waals surface area contributed by atoms with Crippen molar-refractivity contribution in [3.05, 3.63) is 34.9 Å². The molecule has 0 amide bonds. The highest BCUT2D eigenvalue weighted by Gasteiger charge is 2.35. The Morgan fingerprint density at radius 3 is 2.61 bits per heavy atom. The lowest BCUT2D eigenvalue weighted by Crippen LogP contribution is -2.44. The van der Waals surface area contributed by atoms with Crippen LogP contribution >= 0.6 is 11.6 Å². The standard InChI is InChI=1S/C24H27ClF3N7O/c1-34-8-2-3-14(34)13-36-23-31-19-12-15(21-17(24(26,27)28)4-5-20(29)32-21)18(25)11-16(19)22(33-23)35-9-6-30-7-10-35/h4-5,11-12,14,30H,2-3,6-10,13H2,1H3,(H2,29,32). The number of ether oxygens (including phenoxy) is 1. The lowest BCUT2D eigenvalue weighted by Gasteiger charge is -2.29. The molecule has 4 heterocycles. The molecule has 0 saturated carbocycles. The number of fused-ring (bicyclic) bond motifs is 1. The van der Waals surface area contributed by atoms with Crippen LogP contribution in [0.15, 0.2) is 24.3 Å². The summed E-state index contributed by atoms with van der Waals surface area (Å²) in [6.07, 6.45) is -2.50. The first-order chi connectivity index (χ1) is 17.2. The molecule has 2 fully saturated rings. The van der Waals surface area contributed by atoms with Crippen molar-refractivity contribution in [2.75, 3.05) is 57.0 Å². The molecule has 2 aliphatic heterocycles. The molecule has 0 spiro atoms. The van der Waals surface area contributed by atoms with Crippen LogP contribution in [-0.2, 0) is 6.18 Å². The number of benzene rings is 1. The monoisotopic (exact) mass is 521 g/mol. The number of anilines is 2. The molecule has 8 nitrogen and oxygen atoms in total. The number of nitrogens with two attached hydrogens (primary N) is 1. The predicted molar refractivity (Wildman–Crippen MR) is 133 cm³/mol. The average molecular weight is 522 g/mol. The summed E-state index contributed by atoms with van der Waals surface area (Å²) in [6.45, 7) is 4.43. The van der Waals surface area contributed by atoms with E-state index in [9.17, 15) is 13.2 Å². The first-order valence-corrected chi connectivity index (χ1v) is 12.2. The topological polar surface area (TPSA) is 92.4 Å². The zero-order chi connectivity index (χ0) is 25.4. The van der Waals surface area contributed by atoms with Gasteiger partial charge in [0.2, 0.25) is 0 Å². The molecular weight excluding hydrogens is 495 g/mol. The summed E-state index contributed by atoms with van der Waals surface area (Å²) in [5.41, 5.74) is 5.00. The number of hydrogen-bond donors (Lipinski definition) is 2. The van der Waals surface area contributed by atoms with E-state index in [0.717, 1.165) is 44.6 Å². The second kappa shape index (κ2) is 9.87. The van der Waals surface area contributed by atoms with Crippen molar-refractivity contribution >= 4 is 34.1 Å². The SMILES string of the molecule is CN1CCCC1COc1nc(N2CCNCC2)c2cc(Cl)c(-c3nc(N)ccc3C(F)(F)F)cc2n1. The van der Waals surface area contributed by atoms with Gasteiger partial charge in [-0.25, -0.2) is 4.98 Å². The molecule has 2 aliphatic rings. The first kappa shape index (κ1) is 24.8. The van der Waals surface area contributed by atoms with E-state index in [-0.39, 0.29) is 34.2 Å². The number of likely N-dealkylation sites (N-methyl/N-ethyl adjacent to an activating group) is 1. The van der Waals surface area contributed by atoms with Crippen LogP contribution in [0.2, 0.25) is 5.02 Å². The number of halogens is 4. The minimum Gasteiger partial charge on any atom is -0.462 e. The van der Waals surface area contributed by atoms with E-state index >= 15 is 0 Å². The fraction of sp³-hybridized carbons (Fsp3) is 0.458. The summed E-state index contributed by atoms with van der Waals surface area (Å²) in [4.78, 5) is 17.6. The molecule has 5 rings (SSSR count). The quantitative estimate of drug-likeness (QED) is 0.523. The van der Waals surface area contributed by atoms with Crippen molar-refractivity contribution in [1.29, 1.82) is 0 Å². The van der Waals surface area contributed by atoms with Crippen LogP contribution in [0.3, 0.4) is 0 Å². The summed E-state index contributed by atoms with van der Waals surface area (Å²) < 4.78 is 47.3. The highest BCUT2D eigenvalue weighted by atomic mass is 35.5. The van der Waals surface area contributed by atoms with Crippen LogP contribution in [0.5, 0.6) is 6.01 Å². The predicted octanol–water partition coefficient (Wildman–Crippen LogP) is 3.83. The molecule has 1 aromatic carbocycles. The number of nitrogen functional groups attached to an aromatic ring is 1. The molecule has 1 atom stereocenters. The maximum atomic E-state index is 13.8. The Hall–Kier alpha value is -2.89. The Kier molecular flexibility index (Phi) is 6.80. The summed E-state index contributed by atoms with van der Waals surface area (Å²) in [7, 11) is 2.06. The summed E-state index contributed by atoms with van der Waals surface area (Å²) in [6, 6.07) is 5.59. The fourth-order valence-electron chi connectivity index (χ4n) is 4.74. The summed E-state index contributed by atoms with van der Waals surface area (Å²) in [5, 5.41) is 4.04. The van der Waals surface area contributed by atoms with E-state index < -0.39 is 11.7 Å². The Labute approximate surface area is 211 Å². The number of piperazine rings is 1. The van der Waals surface area contributed by atoms with Gasteiger partial charge in [-0.1, -0.05) is 11.6 Å². The molecule has 2 aromatic heterocycles. The molecular formula is C24H27ClF3N7O. The lowest BCUT2D eigenvalue weighted by molar-refractivity contribution is -0.137. The van der Waals surface area contributed by atoms with Crippen LogP contribution in [-0.4, -0.2) is 72.3 Å². The van der Waals surface area contributed by atoms with E-state index in [4.69, 9.17) is 27.1 Å². The van der Waals surface area contributed by atoms with Gasteiger partial charge in [0.05, 0.1) is 21.8 Å². The maximum Gasteiger partial charge on any atom is 0.418 e. The third-order valence-corrected chi connectivity index (χ3v) is 7.03. The molecule has 0 bridgehead atoms. The average Bonchev–Trinajstić information content (AvgIpc) is 3.26. The number of nitrogens with zero attached hydrogens (tertiary/aromatic N) is 5. The van der Waals surface area contributed by atoms with E-state index in [2.05, 4.69) is 32.1 Å². The van der Waals surface area contributed by atoms with E-state index in [1.165, 1.54) is 6.07 Å². The highest BCUT2D eigenvalue weighted by molar-refractivity contribution is 6.34. The lowest BCUT2D eigenvalue weighted by atomic mass is 10.0. The van der Waals surface area contributed by atoms with E-state index in [0.29, 0.717) is 36.4 Å².